The number of nitro groups is 1. The van der Waals surface area contributed by atoms with Crippen LogP contribution in [0.5, 0.6) is 11.5 Å². The molecule has 0 unspecified atom stereocenters. The number of alkyl halides is 3. The van der Waals surface area contributed by atoms with Crippen LogP contribution in [0.25, 0.3) is 0 Å². The summed E-state index contributed by atoms with van der Waals surface area (Å²) in [5, 5.41) is 23.8. The average Bonchev–Trinajstić information content (AvgIpc) is 2.55. The Kier molecular flexibility index (Phi) is 5.11. The summed E-state index contributed by atoms with van der Waals surface area (Å²) in [4.78, 5) is 9.72. The van der Waals surface area contributed by atoms with Gasteiger partial charge in [0.25, 0.3) is 5.69 Å². The molecule has 0 radical (unpaired) electrons. The number of benzene rings is 2. The van der Waals surface area contributed by atoms with Crippen molar-refractivity contribution in [2.75, 3.05) is 12.5 Å². The second-order valence-corrected chi connectivity index (χ2v) is 4.79. The summed E-state index contributed by atoms with van der Waals surface area (Å²) in [5.41, 5.74) is 0.354. The molecule has 0 aliphatic carbocycles. The maximum absolute atomic E-state index is 13.0. The van der Waals surface area contributed by atoms with Crippen molar-refractivity contribution in [3.8, 4) is 11.5 Å². The molecule has 0 aliphatic heterocycles. The normalized spacial score (nSPS) is 11.5. The third-order valence-corrected chi connectivity index (χ3v) is 3.12. The number of phenolic OH excluding ortho intramolecular Hbond substituents is 1. The molecule has 0 atom stereocenters. The maximum atomic E-state index is 13.0. The SMILES string of the molecule is COc1cc(/C=N/Nc2ccc([N+](=O)[O-])cc2C(F)(F)F)ccc1O. The van der Waals surface area contributed by atoms with Crippen molar-refractivity contribution < 1.29 is 27.9 Å². The second-order valence-electron chi connectivity index (χ2n) is 4.79. The predicted molar refractivity (Wildman–Crippen MR) is 84.0 cm³/mol. The summed E-state index contributed by atoms with van der Waals surface area (Å²) in [6.07, 6.45) is -3.57. The van der Waals surface area contributed by atoms with E-state index in [1.54, 1.807) is 0 Å². The lowest BCUT2D eigenvalue weighted by atomic mass is 10.1. The second kappa shape index (κ2) is 7.07. The van der Waals surface area contributed by atoms with Crippen molar-refractivity contribution in [2.45, 2.75) is 6.18 Å². The van der Waals surface area contributed by atoms with Crippen LogP contribution in [0.15, 0.2) is 41.5 Å². The van der Waals surface area contributed by atoms with Crippen molar-refractivity contribution in [3.05, 3.63) is 57.6 Å². The first-order valence-corrected chi connectivity index (χ1v) is 6.74. The standard InChI is InChI=1S/C15H12F3N3O4/c1-25-14-6-9(2-5-13(14)22)8-19-20-12-4-3-10(21(23)24)7-11(12)15(16,17)18/h2-8,20,22H,1H3/b19-8+. The van der Waals surface area contributed by atoms with Gasteiger partial charge in [0, 0.05) is 12.1 Å². The van der Waals surface area contributed by atoms with E-state index in [2.05, 4.69) is 10.5 Å². The van der Waals surface area contributed by atoms with E-state index in [9.17, 15) is 28.4 Å². The van der Waals surface area contributed by atoms with E-state index in [1.165, 1.54) is 31.5 Å². The summed E-state index contributed by atoms with van der Waals surface area (Å²) in [6.45, 7) is 0. The smallest absolute Gasteiger partial charge is 0.418 e. The number of nitro benzene ring substituents is 1. The van der Waals surface area contributed by atoms with Crippen LogP contribution in [-0.2, 0) is 6.18 Å². The fourth-order valence-electron chi connectivity index (χ4n) is 1.93. The van der Waals surface area contributed by atoms with Gasteiger partial charge in [0.05, 0.1) is 29.5 Å². The van der Waals surface area contributed by atoms with Crippen molar-refractivity contribution >= 4 is 17.6 Å². The number of halogens is 3. The largest absolute Gasteiger partial charge is 0.504 e. The van der Waals surface area contributed by atoms with E-state index in [-0.39, 0.29) is 11.5 Å². The molecule has 10 heteroatoms. The molecule has 2 rings (SSSR count). The molecule has 0 fully saturated rings. The molecule has 0 amide bonds. The summed E-state index contributed by atoms with van der Waals surface area (Å²) >= 11 is 0. The first kappa shape index (κ1) is 18.0. The lowest BCUT2D eigenvalue weighted by Gasteiger charge is -2.11. The number of nitrogens with zero attached hydrogens (tertiary/aromatic N) is 2. The summed E-state index contributed by atoms with van der Waals surface area (Å²) in [6, 6.07) is 6.55. The molecule has 2 N–H and O–H groups in total. The van der Waals surface area contributed by atoms with Crippen LogP contribution in [-0.4, -0.2) is 23.4 Å². The number of nitrogens with one attached hydrogen (secondary N) is 1. The fraction of sp³-hybridized carbons (Fsp3) is 0.133. The number of hydrogen-bond donors (Lipinski definition) is 2. The van der Waals surface area contributed by atoms with Crippen molar-refractivity contribution in [3.63, 3.8) is 0 Å². The zero-order chi connectivity index (χ0) is 18.6. The number of aromatic hydroxyl groups is 1. The van der Waals surface area contributed by atoms with Crippen LogP contribution < -0.4 is 10.2 Å². The van der Waals surface area contributed by atoms with Crippen LogP contribution in [0, 0.1) is 10.1 Å². The van der Waals surface area contributed by atoms with Gasteiger partial charge < -0.3 is 9.84 Å². The van der Waals surface area contributed by atoms with Gasteiger partial charge in [0.1, 0.15) is 0 Å². The molecule has 0 bridgehead atoms. The first-order valence-electron chi connectivity index (χ1n) is 6.74. The monoisotopic (exact) mass is 355 g/mol. The molecule has 0 saturated heterocycles. The first-order chi connectivity index (χ1) is 11.7. The molecule has 0 aliphatic rings. The summed E-state index contributed by atoms with van der Waals surface area (Å²) in [7, 11) is 1.35. The zero-order valence-corrected chi connectivity index (χ0v) is 12.7. The van der Waals surface area contributed by atoms with Crippen molar-refractivity contribution in [1.29, 1.82) is 0 Å². The third-order valence-electron chi connectivity index (χ3n) is 3.12. The Morgan fingerprint density at radius 2 is 2.00 bits per heavy atom. The Morgan fingerprint density at radius 3 is 2.60 bits per heavy atom. The minimum atomic E-state index is -4.79. The van der Waals surface area contributed by atoms with Crippen LogP contribution in [0.2, 0.25) is 0 Å². The highest BCUT2D eigenvalue weighted by atomic mass is 19.4. The number of anilines is 1. The fourth-order valence-corrected chi connectivity index (χ4v) is 1.93. The van der Waals surface area contributed by atoms with E-state index in [0.717, 1.165) is 12.1 Å². The highest BCUT2D eigenvalue weighted by Gasteiger charge is 2.35. The van der Waals surface area contributed by atoms with E-state index in [4.69, 9.17) is 4.74 Å². The number of ether oxygens (including phenoxy) is 1. The van der Waals surface area contributed by atoms with E-state index >= 15 is 0 Å². The Morgan fingerprint density at radius 1 is 1.28 bits per heavy atom. The molecule has 2 aromatic carbocycles. The molecule has 0 saturated carbocycles. The van der Waals surface area contributed by atoms with Gasteiger partial charge in [0.2, 0.25) is 0 Å². The molecular formula is C15H12F3N3O4. The van der Waals surface area contributed by atoms with Crippen LogP contribution >= 0.6 is 0 Å². The Balaban J connectivity index is 2.26. The third kappa shape index (κ3) is 4.37. The molecule has 0 aromatic heterocycles. The van der Waals surface area contributed by atoms with E-state index in [0.29, 0.717) is 11.6 Å². The lowest BCUT2D eigenvalue weighted by Crippen LogP contribution is -2.09. The van der Waals surface area contributed by atoms with Crippen LogP contribution in [0.3, 0.4) is 0 Å². The number of methoxy groups -OCH3 is 1. The molecule has 2 aromatic rings. The Bertz CT molecular complexity index is 822. The number of non-ortho nitro benzene ring substituents is 1. The molecule has 7 nitrogen and oxygen atoms in total. The molecule has 0 heterocycles. The molecular weight excluding hydrogens is 343 g/mol. The van der Waals surface area contributed by atoms with Gasteiger partial charge in [-0.25, -0.2) is 0 Å². The number of hydrogen-bond acceptors (Lipinski definition) is 6. The van der Waals surface area contributed by atoms with Crippen molar-refractivity contribution in [2.24, 2.45) is 5.10 Å². The number of hydrazone groups is 1. The lowest BCUT2D eigenvalue weighted by molar-refractivity contribution is -0.385. The van der Waals surface area contributed by atoms with E-state index in [1.807, 2.05) is 0 Å². The minimum absolute atomic E-state index is 0.0951. The maximum Gasteiger partial charge on any atom is 0.418 e. The van der Waals surface area contributed by atoms with Gasteiger partial charge in [-0.1, -0.05) is 0 Å². The number of rotatable bonds is 5. The van der Waals surface area contributed by atoms with Gasteiger partial charge in [-0.2, -0.15) is 18.3 Å². The minimum Gasteiger partial charge on any atom is -0.504 e. The van der Waals surface area contributed by atoms with Gasteiger partial charge in [-0.3, -0.25) is 15.5 Å². The van der Waals surface area contributed by atoms with Crippen molar-refractivity contribution in [1.82, 2.24) is 0 Å². The topological polar surface area (TPSA) is 97.0 Å². The predicted octanol–water partition coefficient (Wildman–Crippen LogP) is 3.77. The van der Waals surface area contributed by atoms with Crippen LogP contribution in [0.4, 0.5) is 24.5 Å². The van der Waals surface area contributed by atoms with E-state index < -0.39 is 28.0 Å². The molecule has 132 valence electrons. The molecule has 25 heavy (non-hydrogen) atoms. The Labute approximate surface area is 139 Å². The summed E-state index contributed by atoms with van der Waals surface area (Å²) in [5.74, 6) is 0.0811. The average molecular weight is 355 g/mol. The summed E-state index contributed by atoms with van der Waals surface area (Å²) < 4.78 is 44.0. The van der Waals surface area contributed by atoms with Gasteiger partial charge in [-0.05, 0) is 29.8 Å². The van der Waals surface area contributed by atoms with Crippen LogP contribution in [0.1, 0.15) is 11.1 Å². The number of phenols is 1. The zero-order valence-electron chi connectivity index (χ0n) is 12.7. The molecule has 0 spiro atoms. The highest BCUT2D eigenvalue weighted by molar-refractivity contribution is 5.81. The van der Waals surface area contributed by atoms with Gasteiger partial charge in [0.15, 0.2) is 11.5 Å². The quantitative estimate of drug-likeness (QED) is 0.483. The Hall–Kier alpha value is -3.30. The van der Waals surface area contributed by atoms with Gasteiger partial charge in [-0.15, -0.1) is 0 Å². The van der Waals surface area contributed by atoms with Gasteiger partial charge >= 0.3 is 6.18 Å². The highest BCUT2D eigenvalue weighted by Crippen LogP contribution is 2.37.